The number of amides is 1. The molecule has 0 aromatic heterocycles. The smallest absolute Gasteiger partial charge is 0.260 e. The van der Waals surface area contributed by atoms with Gasteiger partial charge < -0.3 is 19.6 Å². The lowest BCUT2D eigenvalue weighted by atomic mass is 9.55. The second-order valence-corrected chi connectivity index (χ2v) is 10.4. The summed E-state index contributed by atoms with van der Waals surface area (Å²) in [5, 5.41) is 10.6. The van der Waals surface area contributed by atoms with Crippen molar-refractivity contribution in [1.82, 2.24) is 9.80 Å². The van der Waals surface area contributed by atoms with E-state index in [2.05, 4.69) is 37.1 Å². The summed E-state index contributed by atoms with van der Waals surface area (Å²) in [7, 11) is 2.09. The molecule has 1 aromatic rings. The fourth-order valence-electron chi connectivity index (χ4n) is 6.91. The second kappa shape index (κ2) is 7.83. The summed E-state index contributed by atoms with van der Waals surface area (Å²) in [6.45, 7) is 5.91. The van der Waals surface area contributed by atoms with Gasteiger partial charge in [-0.1, -0.05) is 13.0 Å². The topological polar surface area (TPSA) is 53.0 Å². The highest BCUT2D eigenvalue weighted by atomic mass is 16.5. The summed E-state index contributed by atoms with van der Waals surface area (Å²) < 4.78 is 5.91. The van der Waals surface area contributed by atoms with Gasteiger partial charge in [0, 0.05) is 26.2 Å². The zero-order chi connectivity index (χ0) is 20.9. The number of aryl methyl sites for hydroxylation is 1. The van der Waals surface area contributed by atoms with Gasteiger partial charge in [0.05, 0.1) is 6.10 Å². The van der Waals surface area contributed by atoms with Crippen LogP contribution in [0.25, 0.3) is 0 Å². The lowest BCUT2D eigenvalue weighted by Crippen LogP contribution is -2.48. The zero-order valence-electron chi connectivity index (χ0n) is 18.5. The van der Waals surface area contributed by atoms with Gasteiger partial charge in [-0.25, -0.2) is 0 Å². The molecule has 3 fully saturated rings. The molecule has 1 heterocycles. The molecule has 5 atom stereocenters. The molecular formula is C25H36N2O3. The number of piperazine rings is 1. The van der Waals surface area contributed by atoms with Crippen LogP contribution in [0.2, 0.25) is 0 Å². The Morgan fingerprint density at radius 1 is 1.17 bits per heavy atom. The first-order valence-electron chi connectivity index (χ1n) is 11.9. The molecule has 0 spiro atoms. The molecule has 1 aromatic carbocycles. The predicted octanol–water partition coefficient (Wildman–Crippen LogP) is 3.06. The number of aliphatic hydroxyl groups is 1. The van der Waals surface area contributed by atoms with E-state index in [1.807, 2.05) is 4.90 Å². The molecule has 5 unspecified atom stereocenters. The molecule has 164 valence electrons. The Morgan fingerprint density at radius 3 is 2.77 bits per heavy atom. The Balaban J connectivity index is 1.24. The van der Waals surface area contributed by atoms with Crippen molar-refractivity contribution in [3.63, 3.8) is 0 Å². The molecular weight excluding hydrogens is 376 g/mol. The monoisotopic (exact) mass is 412 g/mol. The SMILES string of the molecule is CN1CCN(C(=O)COc2ccc3c(c2)CCC2C3CCC3(C)C(O)CCC23)CC1. The highest BCUT2D eigenvalue weighted by molar-refractivity contribution is 5.77. The number of benzene rings is 1. The first-order valence-corrected chi connectivity index (χ1v) is 11.9. The van der Waals surface area contributed by atoms with Gasteiger partial charge in [-0.15, -0.1) is 0 Å². The number of ether oxygens (including phenoxy) is 1. The van der Waals surface area contributed by atoms with Gasteiger partial charge in [-0.3, -0.25) is 4.79 Å². The highest BCUT2D eigenvalue weighted by Gasteiger charge is 2.54. The molecule has 1 amide bonds. The van der Waals surface area contributed by atoms with E-state index in [9.17, 15) is 9.90 Å². The Bertz CT molecular complexity index is 804. The van der Waals surface area contributed by atoms with Crippen LogP contribution in [-0.4, -0.2) is 66.8 Å². The Morgan fingerprint density at radius 2 is 1.97 bits per heavy atom. The number of aliphatic hydroxyl groups excluding tert-OH is 1. The largest absolute Gasteiger partial charge is 0.484 e. The van der Waals surface area contributed by atoms with Crippen molar-refractivity contribution in [2.45, 2.75) is 57.5 Å². The summed E-state index contributed by atoms with van der Waals surface area (Å²) in [5.41, 5.74) is 3.03. The van der Waals surface area contributed by atoms with Crippen LogP contribution in [0.3, 0.4) is 0 Å². The Kier molecular flexibility index (Phi) is 5.30. The van der Waals surface area contributed by atoms with Gasteiger partial charge in [0.1, 0.15) is 5.75 Å². The van der Waals surface area contributed by atoms with Crippen LogP contribution < -0.4 is 4.74 Å². The molecule has 4 aliphatic rings. The number of nitrogens with zero attached hydrogens (tertiary/aromatic N) is 2. The number of fused-ring (bicyclic) bond motifs is 5. The van der Waals surface area contributed by atoms with Gasteiger partial charge in [0.2, 0.25) is 0 Å². The van der Waals surface area contributed by atoms with Crippen molar-refractivity contribution in [1.29, 1.82) is 0 Å². The number of carbonyl (C=O) groups is 1. The van der Waals surface area contributed by atoms with Crippen LogP contribution in [0, 0.1) is 17.3 Å². The summed E-state index contributed by atoms with van der Waals surface area (Å²) in [4.78, 5) is 16.6. The fourth-order valence-corrected chi connectivity index (χ4v) is 6.91. The van der Waals surface area contributed by atoms with Crippen LogP contribution >= 0.6 is 0 Å². The van der Waals surface area contributed by atoms with E-state index < -0.39 is 0 Å². The molecule has 30 heavy (non-hydrogen) atoms. The van der Waals surface area contributed by atoms with E-state index in [0.29, 0.717) is 17.8 Å². The molecule has 1 aliphatic heterocycles. The number of hydrogen-bond acceptors (Lipinski definition) is 4. The number of carbonyl (C=O) groups excluding carboxylic acids is 1. The standard InChI is InChI=1S/C25H36N2O3/c1-25-10-9-20-19-6-4-18(30-16-24(29)27-13-11-26(2)12-14-27)15-17(19)3-5-21(20)22(25)7-8-23(25)28/h4,6,15,20-23,28H,3,5,7-14,16H2,1-2H3. The molecule has 1 N–H and O–H groups in total. The van der Waals surface area contributed by atoms with Crippen molar-refractivity contribution >= 4 is 5.91 Å². The van der Waals surface area contributed by atoms with E-state index >= 15 is 0 Å². The zero-order valence-corrected chi connectivity index (χ0v) is 18.5. The third kappa shape index (κ3) is 3.44. The van der Waals surface area contributed by atoms with Crippen molar-refractivity contribution in [2.24, 2.45) is 17.3 Å². The summed E-state index contributed by atoms with van der Waals surface area (Å²) in [6, 6.07) is 6.51. The van der Waals surface area contributed by atoms with E-state index in [-0.39, 0.29) is 24.0 Å². The van der Waals surface area contributed by atoms with Gasteiger partial charge in [-0.05, 0) is 92.0 Å². The molecule has 5 nitrogen and oxygen atoms in total. The number of likely N-dealkylation sites (N-methyl/N-ethyl adjacent to an activating group) is 1. The van der Waals surface area contributed by atoms with Crippen LogP contribution in [-0.2, 0) is 11.2 Å². The molecule has 1 saturated heterocycles. The molecule has 0 bridgehead atoms. The minimum Gasteiger partial charge on any atom is -0.484 e. The van der Waals surface area contributed by atoms with Crippen LogP contribution in [0.5, 0.6) is 5.75 Å². The average molecular weight is 413 g/mol. The van der Waals surface area contributed by atoms with E-state index in [0.717, 1.165) is 51.2 Å². The van der Waals surface area contributed by atoms with Crippen molar-refractivity contribution in [3.8, 4) is 5.75 Å². The Labute approximate surface area is 180 Å². The lowest BCUT2D eigenvalue weighted by molar-refractivity contribution is -0.134. The minimum absolute atomic E-state index is 0.0900. The Hall–Kier alpha value is -1.59. The van der Waals surface area contributed by atoms with Gasteiger partial charge >= 0.3 is 0 Å². The first kappa shape index (κ1) is 20.3. The molecule has 0 radical (unpaired) electrons. The van der Waals surface area contributed by atoms with Crippen molar-refractivity contribution < 1.29 is 14.6 Å². The first-order chi connectivity index (χ1) is 14.5. The minimum atomic E-state index is -0.113. The van der Waals surface area contributed by atoms with E-state index in [4.69, 9.17) is 4.74 Å². The van der Waals surface area contributed by atoms with Crippen LogP contribution in [0.4, 0.5) is 0 Å². The maximum atomic E-state index is 12.5. The van der Waals surface area contributed by atoms with Gasteiger partial charge in [0.15, 0.2) is 6.61 Å². The van der Waals surface area contributed by atoms with Gasteiger partial charge in [0.25, 0.3) is 5.91 Å². The molecule has 3 aliphatic carbocycles. The average Bonchev–Trinajstić information content (AvgIpc) is 3.06. The maximum Gasteiger partial charge on any atom is 0.260 e. The molecule has 2 saturated carbocycles. The second-order valence-electron chi connectivity index (χ2n) is 10.4. The molecule has 5 rings (SSSR count). The van der Waals surface area contributed by atoms with Gasteiger partial charge in [-0.2, -0.15) is 0 Å². The quantitative estimate of drug-likeness (QED) is 0.829. The number of rotatable bonds is 3. The fraction of sp³-hybridized carbons (Fsp3) is 0.720. The number of hydrogen-bond donors (Lipinski definition) is 1. The van der Waals surface area contributed by atoms with Crippen LogP contribution in [0.1, 0.15) is 56.1 Å². The maximum absolute atomic E-state index is 12.5. The molecule has 5 heteroatoms. The third-order valence-electron chi connectivity index (χ3n) is 8.87. The van der Waals surface area contributed by atoms with E-state index in [1.165, 1.54) is 30.4 Å². The highest BCUT2D eigenvalue weighted by Crippen LogP contribution is 2.60. The normalized spacial score (nSPS) is 36.0. The predicted molar refractivity (Wildman–Crippen MR) is 117 cm³/mol. The van der Waals surface area contributed by atoms with Crippen molar-refractivity contribution in [3.05, 3.63) is 29.3 Å². The van der Waals surface area contributed by atoms with Crippen molar-refractivity contribution in [2.75, 3.05) is 39.8 Å². The van der Waals surface area contributed by atoms with Crippen LogP contribution in [0.15, 0.2) is 18.2 Å². The third-order valence-corrected chi connectivity index (χ3v) is 8.87. The summed E-state index contributed by atoms with van der Waals surface area (Å²) in [5.74, 6) is 2.91. The summed E-state index contributed by atoms with van der Waals surface area (Å²) >= 11 is 0. The lowest BCUT2D eigenvalue weighted by Gasteiger charge is -2.50. The van der Waals surface area contributed by atoms with E-state index in [1.54, 1.807) is 0 Å². The summed E-state index contributed by atoms with van der Waals surface area (Å²) in [6.07, 6.45) is 6.67.